The quantitative estimate of drug-likeness (QED) is 0.813. The lowest BCUT2D eigenvalue weighted by molar-refractivity contribution is 0.184. The highest BCUT2D eigenvalue weighted by atomic mass is 35.5. The topological polar surface area (TPSA) is 81.2 Å². The zero-order valence-electron chi connectivity index (χ0n) is 9.67. The molecule has 1 fully saturated rings. The first-order valence-corrected chi connectivity index (χ1v) is 7.49. The van der Waals surface area contributed by atoms with E-state index in [1.165, 1.54) is 12.4 Å². The molecule has 0 saturated carbocycles. The second-order valence-electron chi connectivity index (χ2n) is 4.10. The Labute approximate surface area is 111 Å². The summed E-state index contributed by atoms with van der Waals surface area (Å²) in [5.74, 6) is 0.439. The molecule has 1 N–H and O–H groups in total. The van der Waals surface area contributed by atoms with Gasteiger partial charge in [-0.3, -0.25) is 0 Å². The fourth-order valence-electron chi connectivity index (χ4n) is 1.73. The summed E-state index contributed by atoms with van der Waals surface area (Å²) in [6.07, 6.45) is 4.14. The van der Waals surface area contributed by atoms with Crippen molar-refractivity contribution in [2.24, 2.45) is 5.92 Å². The maximum Gasteiger partial charge on any atom is 0.243 e. The molecule has 18 heavy (non-hydrogen) atoms. The van der Waals surface area contributed by atoms with E-state index in [9.17, 15) is 8.42 Å². The van der Waals surface area contributed by atoms with Crippen LogP contribution in [0.15, 0.2) is 17.3 Å². The van der Waals surface area contributed by atoms with Gasteiger partial charge in [0.1, 0.15) is 4.90 Å². The molecule has 2 rings (SSSR count). The van der Waals surface area contributed by atoms with Crippen molar-refractivity contribution < 1.29 is 13.2 Å². The van der Waals surface area contributed by atoms with Crippen molar-refractivity contribution in [3.63, 3.8) is 0 Å². The highest BCUT2D eigenvalue weighted by Crippen LogP contribution is 2.16. The third-order valence-corrected chi connectivity index (χ3v) is 4.39. The standard InChI is InChI=1S/C10H14ClN3O3S/c11-10-12-5-9(6-13-10)18(15,16)14-3-1-8-2-4-17-7-8/h5-6,8,14H,1-4,7H2. The minimum atomic E-state index is -3.54. The SMILES string of the molecule is O=S(=O)(NCCC1CCOC1)c1cnc(Cl)nc1. The maximum absolute atomic E-state index is 11.9. The van der Waals surface area contributed by atoms with Crippen LogP contribution in [0.2, 0.25) is 5.28 Å². The van der Waals surface area contributed by atoms with Crippen molar-refractivity contribution in [1.82, 2.24) is 14.7 Å². The zero-order chi connectivity index (χ0) is 13.0. The molecule has 0 amide bonds. The number of sulfonamides is 1. The summed E-state index contributed by atoms with van der Waals surface area (Å²) in [6, 6.07) is 0. The lowest BCUT2D eigenvalue weighted by Crippen LogP contribution is -2.26. The largest absolute Gasteiger partial charge is 0.381 e. The molecule has 0 aromatic carbocycles. The van der Waals surface area contributed by atoms with E-state index in [1.807, 2.05) is 0 Å². The first-order valence-electron chi connectivity index (χ1n) is 5.63. The summed E-state index contributed by atoms with van der Waals surface area (Å²) in [7, 11) is -3.54. The number of rotatable bonds is 5. The minimum Gasteiger partial charge on any atom is -0.381 e. The van der Waals surface area contributed by atoms with Crippen molar-refractivity contribution in [3.05, 3.63) is 17.7 Å². The summed E-state index contributed by atoms with van der Waals surface area (Å²) in [5.41, 5.74) is 0. The number of nitrogens with one attached hydrogen (secondary N) is 1. The van der Waals surface area contributed by atoms with E-state index in [-0.39, 0.29) is 10.2 Å². The molecule has 1 saturated heterocycles. The van der Waals surface area contributed by atoms with Gasteiger partial charge in [-0.15, -0.1) is 0 Å². The minimum absolute atomic E-state index is 0.0228. The lowest BCUT2D eigenvalue weighted by atomic mass is 10.1. The van der Waals surface area contributed by atoms with Crippen LogP contribution in [-0.2, 0) is 14.8 Å². The van der Waals surface area contributed by atoms with Gasteiger partial charge in [-0.05, 0) is 30.4 Å². The van der Waals surface area contributed by atoms with Crippen molar-refractivity contribution in [3.8, 4) is 0 Å². The summed E-state index contributed by atoms with van der Waals surface area (Å²) >= 11 is 5.50. The smallest absolute Gasteiger partial charge is 0.243 e. The highest BCUT2D eigenvalue weighted by molar-refractivity contribution is 7.89. The van der Waals surface area contributed by atoms with E-state index in [4.69, 9.17) is 16.3 Å². The van der Waals surface area contributed by atoms with Crippen LogP contribution < -0.4 is 4.72 Å². The second-order valence-corrected chi connectivity index (χ2v) is 6.21. The van der Waals surface area contributed by atoms with E-state index in [2.05, 4.69) is 14.7 Å². The van der Waals surface area contributed by atoms with Gasteiger partial charge in [0.05, 0.1) is 12.4 Å². The monoisotopic (exact) mass is 291 g/mol. The first-order chi connectivity index (χ1) is 8.58. The summed E-state index contributed by atoms with van der Waals surface area (Å²) in [5, 5.41) is 0.0251. The number of ether oxygens (including phenoxy) is 1. The molecule has 1 aromatic heterocycles. The van der Waals surface area contributed by atoms with Crippen LogP contribution in [0.3, 0.4) is 0 Å². The van der Waals surface area contributed by atoms with Gasteiger partial charge in [0, 0.05) is 19.8 Å². The molecule has 100 valence electrons. The van der Waals surface area contributed by atoms with Crippen LogP contribution in [0, 0.1) is 5.92 Å². The fourth-order valence-corrected chi connectivity index (χ4v) is 2.76. The molecule has 0 aliphatic carbocycles. The number of aromatic nitrogens is 2. The Morgan fingerprint density at radius 1 is 1.44 bits per heavy atom. The molecule has 1 aliphatic rings. The molecular formula is C10H14ClN3O3S. The molecule has 1 aromatic rings. The molecule has 0 spiro atoms. The predicted octanol–water partition coefficient (Wildman–Crippen LogP) is 0.835. The van der Waals surface area contributed by atoms with E-state index in [1.54, 1.807) is 0 Å². The summed E-state index contributed by atoms with van der Waals surface area (Å²) in [6.45, 7) is 1.87. The highest BCUT2D eigenvalue weighted by Gasteiger charge is 2.18. The zero-order valence-corrected chi connectivity index (χ0v) is 11.2. The molecular weight excluding hydrogens is 278 g/mol. The lowest BCUT2D eigenvalue weighted by Gasteiger charge is -2.09. The Bertz CT molecular complexity index is 486. The van der Waals surface area contributed by atoms with Crippen LogP contribution in [0.1, 0.15) is 12.8 Å². The van der Waals surface area contributed by atoms with Crippen LogP contribution in [0.25, 0.3) is 0 Å². The molecule has 8 heteroatoms. The van der Waals surface area contributed by atoms with Gasteiger partial charge in [0.25, 0.3) is 0 Å². The van der Waals surface area contributed by atoms with Crippen molar-refractivity contribution >= 4 is 21.6 Å². The van der Waals surface area contributed by atoms with Gasteiger partial charge >= 0.3 is 0 Å². The van der Waals surface area contributed by atoms with Gasteiger partial charge in [0.2, 0.25) is 15.3 Å². The van der Waals surface area contributed by atoms with Gasteiger partial charge in [-0.1, -0.05) is 0 Å². The Kier molecular flexibility index (Phi) is 4.50. The van der Waals surface area contributed by atoms with E-state index in [0.717, 1.165) is 19.4 Å². The van der Waals surface area contributed by atoms with E-state index in [0.29, 0.717) is 19.1 Å². The Morgan fingerprint density at radius 3 is 2.78 bits per heavy atom. The third-order valence-electron chi connectivity index (χ3n) is 2.78. The number of halogens is 1. The maximum atomic E-state index is 11.9. The average molecular weight is 292 g/mol. The molecule has 0 radical (unpaired) electrons. The Hall–Kier alpha value is -0.760. The van der Waals surface area contributed by atoms with Gasteiger partial charge < -0.3 is 4.74 Å². The fraction of sp³-hybridized carbons (Fsp3) is 0.600. The Morgan fingerprint density at radius 2 is 2.17 bits per heavy atom. The van der Waals surface area contributed by atoms with Crippen LogP contribution in [0.4, 0.5) is 0 Å². The number of hydrogen-bond acceptors (Lipinski definition) is 5. The van der Waals surface area contributed by atoms with Crippen molar-refractivity contribution in [1.29, 1.82) is 0 Å². The van der Waals surface area contributed by atoms with Crippen LogP contribution >= 0.6 is 11.6 Å². The van der Waals surface area contributed by atoms with Gasteiger partial charge in [-0.25, -0.2) is 23.1 Å². The van der Waals surface area contributed by atoms with Crippen molar-refractivity contribution in [2.45, 2.75) is 17.7 Å². The van der Waals surface area contributed by atoms with E-state index >= 15 is 0 Å². The normalized spacial score (nSPS) is 20.2. The Balaban J connectivity index is 1.88. The number of nitrogens with zero attached hydrogens (tertiary/aromatic N) is 2. The van der Waals surface area contributed by atoms with Gasteiger partial charge in [0.15, 0.2) is 0 Å². The second kappa shape index (κ2) is 5.92. The molecule has 0 bridgehead atoms. The molecule has 1 atom stereocenters. The average Bonchev–Trinajstić information content (AvgIpc) is 2.82. The molecule has 2 heterocycles. The third kappa shape index (κ3) is 3.61. The van der Waals surface area contributed by atoms with E-state index < -0.39 is 10.0 Å². The predicted molar refractivity (Wildman–Crippen MR) is 65.8 cm³/mol. The molecule has 1 aliphatic heterocycles. The molecule has 6 nitrogen and oxygen atoms in total. The number of hydrogen-bond donors (Lipinski definition) is 1. The van der Waals surface area contributed by atoms with Crippen LogP contribution in [0.5, 0.6) is 0 Å². The first kappa shape index (κ1) is 13.7. The molecule has 1 unspecified atom stereocenters. The van der Waals surface area contributed by atoms with Crippen molar-refractivity contribution in [2.75, 3.05) is 19.8 Å². The van der Waals surface area contributed by atoms with Crippen LogP contribution in [-0.4, -0.2) is 38.1 Å². The van der Waals surface area contributed by atoms with Gasteiger partial charge in [-0.2, -0.15) is 0 Å². The summed E-state index contributed by atoms with van der Waals surface area (Å²) in [4.78, 5) is 7.31. The summed E-state index contributed by atoms with van der Waals surface area (Å²) < 4.78 is 31.4.